The second-order valence-electron chi connectivity index (χ2n) is 4.87. The zero-order valence-corrected chi connectivity index (χ0v) is 11.3. The number of nitrogens with zero attached hydrogens (tertiary/aromatic N) is 2. The molecule has 2 atom stereocenters. The molecule has 18 heavy (non-hydrogen) atoms. The average molecular weight is 269 g/mol. The molecule has 1 aliphatic heterocycles. The van der Waals surface area contributed by atoms with Crippen molar-refractivity contribution in [2.75, 3.05) is 4.90 Å². The molecule has 0 aliphatic carbocycles. The van der Waals surface area contributed by atoms with E-state index in [9.17, 15) is 4.79 Å². The summed E-state index contributed by atoms with van der Waals surface area (Å²) >= 11 is 6.17. The highest BCUT2D eigenvalue weighted by molar-refractivity contribution is 6.33. The number of carboxylic acid groups (broad SMARTS) is 1. The van der Waals surface area contributed by atoms with Crippen molar-refractivity contribution < 1.29 is 9.90 Å². The number of rotatable bonds is 2. The molecule has 0 saturated carbocycles. The van der Waals surface area contributed by atoms with Crippen LogP contribution in [0, 0.1) is 0 Å². The molecule has 1 fully saturated rings. The van der Waals surface area contributed by atoms with Gasteiger partial charge in [0.15, 0.2) is 0 Å². The van der Waals surface area contributed by atoms with E-state index < -0.39 is 5.97 Å². The number of carbonyl (C=O) groups is 1. The summed E-state index contributed by atoms with van der Waals surface area (Å²) in [4.78, 5) is 17.3. The third kappa shape index (κ3) is 2.43. The van der Waals surface area contributed by atoms with Gasteiger partial charge in [-0.1, -0.05) is 11.6 Å². The second-order valence-corrected chi connectivity index (χ2v) is 5.28. The maximum absolute atomic E-state index is 10.9. The predicted molar refractivity (Wildman–Crippen MR) is 71.5 cm³/mol. The van der Waals surface area contributed by atoms with Crippen LogP contribution in [0.3, 0.4) is 0 Å². The molecule has 0 amide bonds. The molecule has 1 aromatic rings. The van der Waals surface area contributed by atoms with Crippen LogP contribution in [0.25, 0.3) is 0 Å². The van der Waals surface area contributed by atoms with E-state index in [1.165, 1.54) is 18.7 Å². The van der Waals surface area contributed by atoms with Crippen molar-refractivity contribution in [2.45, 2.75) is 45.2 Å². The Morgan fingerprint density at radius 1 is 1.44 bits per heavy atom. The van der Waals surface area contributed by atoms with Gasteiger partial charge in [-0.25, -0.2) is 9.78 Å². The van der Waals surface area contributed by atoms with E-state index in [-0.39, 0.29) is 5.56 Å². The van der Waals surface area contributed by atoms with E-state index in [2.05, 4.69) is 23.7 Å². The smallest absolute Gasteiger partial charge is 0.337 e. The molecule has 1 N–H and O–H groups in total. The maximum Gasteiger partial charge on any atom is 0.337 e. The molecule has 0 aromatic carbocycles. The average Bonchev–Trinajstić information content (AvgIpc) is 2.30. The quantitative estimate of drug-likeness (QED) is 0.895. The molecule has 2 heterocycles. The molecule has 1 aromatic heterocycles. The number of aromatic nitrogens is 1. The summed E-state index contributed by atoms with van der Waals surface area (Å²) in [6, 6.07) is 2.24. The van der Waals surface area contributed by atoms with Gasteiger partial charge in [0.2, 0.25) is 0 Å². The summed E-state index contributed by atoms with van der Waals surface area (Å²) in [6.45, 7) is 4.30. The van der Waals surface area contributed by atoms with E-state index in [4.69, 9.17) is 16.7 Å². The molecular formula is C13H17ClN2O2. The number of anilines is 1. The number of piperidine rings is 1. The molecule has 0 radical (unpaired) electrons. The lowest BCUT2D eigenvalue weighted by Crippen LogP contribution is -2.44. The van der Waals surface area contributed by atoms with Crippen molar-refractivity contribution in [2.24, 2.45) is 0 Å². The fourth-order valence-electron chi connectivity index (χ4n) is 2.58. The first-order valence-electron chi connectivity index (χ1n) is 6.18. The lowest BCUT2D eigenvalue weighted by atomic mass is 9.97. The summed E-state index contributed by atoms with van der Waals surface area (Å²) in [5.41, 5.74) is 0.126. The number of aromatic carboxylic acids is 1. The topological polar surface area (TPSA) is 53.4 Å². The minimum Gasteiger partial charge on any atom is -0.478 e. The summed E-state index contributed by atoms with van der Waals surface area (Å²) in [6.07, 6.45) is 4.81. The van der Waals surface area contributed by atoms with Gasteiger partial charge in [-0.3, -0.25) is 0 Å². The van der Waals surface area contributed by atoms with Crippen LogP contribution in [0.15, 0.2) is 12.3 Å². The highest BCUT2D eigenvalue weighted by atomic mass is 35.5. The molecule has 5 heteroatoms. The monoisotopic (exact) mass is 268 g/mol. The minimum absolute atomic E-state index is 0.126. The van der Waals surface area contributed by atoms with Crippen LogP contribution in [-0.4, -0.2) is 28.1 Å². The zero-order valence-electron chi connectivity index (χ0n) is 10.6. The van der Waals surface area contributed by atoms with Crippen molar-refractivity contribution in [3.63, 3.8) is 0 Å². The van der Waals surface area contributed by atoms with Gasteiger partial charge < -0.3 is 10.0 Å². The van der Waals surface area contributed by atoms with Crippen molar-refractivity contribution in [3.8, 4) is 0 Å². The molecule has 0 bridgehead atoms. The number of halogens is 1. The standard InChI is InChI=1S/C13H17ClN2O2/c1-8-4-3-5-9(2)16(8)12-11(14)6-10(7-15-12)13(17)18/h6-9H,3-5H2,1-2H3,(H,17,18). The lowest BCUT2D eigenvalue weighted by Gasteiger charge is -2.40. The van der Waals surface area contributed by atoms with Crippen LogP contribution < -0.4 is 4.90 Å². The maximum atomic E-state index is 10.9. The minimum atomic E-state index is -1.00. The van der Waals surface area contributed by atoms with Crippen LogP contribution in [0.5, 0.6) is 0 Å². The first-order valence-corrected chi connectivity index (χ1v) is 6.55. The second kappa shape index (κ2) is 5.14. The summed E-state index contributed by atoms with van der Waals surface area (Å²) in [7, 11) is 0. The number of pyridine rings is 1. The van der Waals surface area contributed by atoms with E-state index in [0.29, 0.717) is 22.9 Å². The van der Waals surface area contributed by atoms with E-state index in [0.717, 1.165) is 12.8 Å². The highest BCUT2D eigenvalue weighted by Crippen LogP contribution is 2.32. The van der Waals surface area contributed by atoms with Crippen LogP contribution in [0.4, 0.5) is 5.82 Å². The van der Waals surface area contributed by atoms with Crippen molar-refractivity contribution >= 4 is 23.4 Å². The van der Waals surface area contributed by atoms with Gasteiger partial charge in [0.25, 0.3) is 0 Å². The SMILES string of the molecule is CC1CCCC(C)N1c1ncc(C(=O)O)cc1Cl. The Morgan fingerprint density at radius 3 is 2.56 bits per heavy atom. The molecule has 1 saturated heterocycles. The summed E-state index contributed by atoms with van der Waals surface area (Å²) < 4.78 is 0. The first-order chi connectivity index (χ1) is 8.50. The first kappa shape index (κ1) is 13.1. The number of hydrogen-bond donors (Lipinski definition) is 1. The number of hydrogen-bond acceptors (Lipinski definition) is 3. The Labute approximate surface area is 112 Å². The number of carboxylic acids is 1. The van der Waals surface area contributed by atoms with Crippen molar-refractivity contribution in [1.29, 1.82) is 0 Å². The van der Waals surface area contributed by atoms with Gasteiger partial charge in [-0.05, 0) is 39.2 Å². The van der Waals surface area contributed by atoms with Gasteiger partial charge in [0, 0.05) is 18.3 Å². The van der Waals surface area contributed by atoms with Crippen LogP contribution in [0.1, 0.15) is 43.5 Å². The largest absolute Gasteiger partial charge is 0.478 e. The molecule has 2 rings (SSSR count). The van der Waals surface area contributed by atoms with Gasteiger partial charge in [-0.2, -0.15) is 0 Å². The van der Waals surface area contributed by atoms with Crippen molar-refractivity contribution in [3.05, 3.63) is 22.8 Å². The fraction of sp³-hybridized carbons (Fsp3) is 0.538. The molecule has 1 aliphatic rings. The summed E-state index contributed by atoms with van der Waals surface area (Å²) in [5, 5.41) is 9.31. The Kier molecular flexibility index (Phi) is 3.76. The molecule has 0 spiro atoms. The van der Waals surface area contributed by atoms with Gasteiger partial charge in [0.1, 0.15) is 5.82 Å². The Hall–Kier alpha value is -1.29. The molecule has 2 unspecified atom stereocenters. The van der Waals surface area contributed by atoms with Gasteiger partial charge in [0.05, 0.1) is 10.6 Å². The van der Waals surface area contributed by atoms with E-state index in [1.807, 2.05) is 0 Å². The van der Waals surface area contributed by atoms with Crippen molar-refractivity contribution in [1.82, 2.24) is 4.98 Å². The fourth-order valence-corrected chi connectivity index (χ4v) is 2.84. The van der Waals surface area contributed by atoms with E-state index >= 15 is 0 Å². The lowest BCUT2D eigenvalue weighted by molar-refractivity contribution is 0.0696. The third-order valence-corrected chi connectivity index (χ3v) is 3.78. The Bertz CT molecular complexity index is 454. The molecule has 98 valence electrons. The predicted octanol–water partition coefficient (Wildman–Crippen LogP) is 3.20. The van der Waals surface area contributed by atoms with Gasteiger partial charge in [-0.15, -0.1) is 0 Å². The van der Waals surface area contributed by atoms with Crippen LogP contribution in [0.2, 0.25) is 5.02 Å². The molecule has 4 nitrogen and oxygen atoms in total. The van der Waals surface area contributed by atoms with Gasteiger partial charge >= 0.3 is 5.97 Å². The Morgan fingerprint density at radius 2 is 2.06 bits per heavy atom. The normalized spacial score (nSPS) is 24.1. The Balaban J connectivity index is 2.35. The van der Waals surface area contributed by atoms with Crippen LogP contribution >= 0.6 is 11.6 Å². The van der Waals surface area contributed by atoms with Crippen LogP contribution in [-0.2, 0) is 0 Å². The third-order valence-electron chi connectivity index (χ3n) is 3.51. The summed E-state index contributed by atoms with van der Waals surface area (Å²) in [5.74, 6) is -0.308. The highest BCUT2D eigenvalue weighted by Gasteiger charge is 2.27. The zero-order chi connectivity index (χ0) is 13.3. The van der Waals surface area contributed by atoms with E-state index in [1.54, 1.807) is 0 Å². The molecular weight excluding hydrogens is 252 g/mol.